The van der Waals surface area contributed by atoms with Gasteiger partial charge in [0.15, 0.2) is 0 Å². The molecule has 2 atom stereocenters. The number of likely N-dealkylation sites (tertiary alicyclic amines) is 1. The van der Waals surface area contributed by atoms with Crippen LogP contribution in [0.2, 0.25) is 0 Å². The first-order valence-electron chi connectivity index (χ1n) is 7.15. The van der Waals surface area contributed by atoms with Gasteiger partial charge in [-0.2, -0.15) is 0 Å². The molecular formula is C15H20N2O2. The molecule has 4 heteroatoms. The lowest BCUT2D eigenvalue weighted by molar-refractivity contribution is -0.384. The zero-order valence-corrected chi connectivity index (χ0v) is 11.3. The molecule has 2 unspecified atom stereocenters. The molecule has 1 heterocycles. The van der Waals surface area contributed by atoms with E-state index in [4.69, 9.17) is 0 Å². The number of hydrogen-bond donors (Lipinski definition) is 0. The SMILES string of the molecule is CC1CC(c2ccc([N+](=O)[O-])cc2)CCN1C1CC1. The Morgan fingerprint density at radius 3 is 2.42 bits per heavy atom. The van der Waals surface area contributed by atoms with E-state index in [1.165, 1.54) is 37.8 Å². The number of rotatable bonds is 3. The smallest absolute Gasteiger partial charge is 0.269 e. The first-order valence-corrected chi connectivity index (χ1v) is 7.15. The summed E-state index contributed by atoms with van der Waals surface area (Å²) in [6.45, 7) is 3.49. The minimum Gasteiger partial charge on any atom is -0.298 e. The minimum absolute atomic E-state index is 0.187. The highest BCUT2D eigenvalue weighted by molar-refractivity contribution is 5.34. The van der Waals surface area contributed by atoms with Crippen molar-refractivity contribution in [3.63, 3.8) is 0 Å². The quantitative estimate of drug-likeness (QED) is 0.618. The summed E-state index contributed by atoms with van der Waals surface area (Å²) in [4.78, 5) is 13.0. The Labute approximate surface area is 113 Å². The lowest BCUT2D eigenvalue weighted by Gasteiger charge is -2.38. The molecule has 0 aromatic heterocycles. The third-order valence-electron chi connectivity index (χ3n) is 4.52. The molecule has 0 bridgehead atoms. The van der Waals surface area contributed by atoms with Gasteiger partial charge in [0.25, 0.3) is 5.69 Å². The number of non-ortho nitro benzene ring substituents is 1. The van der Waals surface area contributed by atoms with Gasteiger partial charge in [0.2, 0.25) is 0 Å². The molecule has 0 N–H and O–H groups in total. The number of nitro benzene ring substituents is 1. The first-order chi connectivity index (χ1) is 9.15. The van der Waals surface area contributed by atoms with Crippen molar-refractivity contribution >= 4 is 5.69 Å². The molecule has 2 fully saturated rings. The molecule has 102 valence electrons. The van der Waals surface area contributed by atoms with Gasteiger partial charge in [-0.1, -0.05) is 12.1 Å². The Bertz CT molecular complexity index is 468. The lowest BCUT2D eigenvalue weighted by atomic mass is 9.85. The molecule has 1 aliphatic heterocycles. The highest BCUT2D eigenvalue weighted by Gasteiger charge is 2.36. The van der Waals surface area contributed by atoms with Crippen molar-refractivity contribution < 1.29 is 4.92 Å². The first kappa shape index (κ1) is 12.6. The summed E-state index contributed by atoms with van der Waals surface area (Å²) in [5, 5.41) is 10.7. The summed E-state index contributed by atoms with van der Waals surface area (Å²) in [5.74, 6) is 0.561. The lowest BCUT2D eigenvalue weighted by Crippen LogP contribution is -2.41. The molecular weight excluding hydrogens is 240 g/mol. The number of hydrogen-bond acceptors (Lipinski definition) is 3. The van der Waals surface area contributed by atoms with E-state index in [0.29, 0.717) is 12.0 Å². The predicted molar refractivity (Wildman–Crippen MR) is 74.3 cm³/mol. The van der Waals surface area contributed by atoms with Crippen molar-refractivity contribution in [1.82, 2.24) is 4.90 Å². The molecule has 1 saturated heterocycles. The number of benzene rings is 1. The van der Waals surface area contributed by atoms with Crippen molar-refractivity contribution in [1.29, 1.82) is 0 Å². The second kappa shape index (κ2) is 4.93. The van der Waals surface area contributed by atoms with Gasteiger partial charge in [0, 0.05) is 24.2 Å². The molecule has 0 amide bonds. The van der Waals surface area contributed by atoms with Crippen LogP contribution >= 0.6 is 0 Å². The fourth-order valence-electron chi connectivity index (χ4n) is 3.31. The van der Waals surface area contributed by atoms with E-state index in [-0.39, 0.29) is 10.6 Å². The minimum atomic E-state index is -0.331. The third-order valence-corrected chi connectivity index (χ3v) is 4.52. The molecule has 3 rings (SSSR count). The average Bonchev–Trinajstić information content (AvgIpc) is 3.23. The van der Waals surface area contributed by atoms with Crippen molar-refractivity contribution in [3.05, 3.63) is 39.9 Å². The Balaban J connectivity index is 1.67. The molecule has 1 saturated carbocycles. The van der Waals surface area contributed by atoms with Crippen molar-refractivity contribution in [2.75, 3.05) is 6.54 Å². The van der Waals surface area contributed by atoms with Crippen LogP contribution in [0.5, 0.6) is 0 Å². The summed E-state index contributed by atoms with van der Waals surface area (Å²) < 4.78 is 0. The maximum atomic E-state index is 10.7. The molecule has 4 nitrogen and oxygen atoms in total. The fraction of sp³-hybridized carbons (Fsp3) is 0.600. The van der Waals surface area contributed by atoms with E-state index >= 15 is 0 Å². The maximum absolute atomic E-state index is 10.7. The van der Waals surface area contributed by atoms with Gasteiger partial charge in [-0.05, 0) is 50.6 Å². The Kier molecular flexibility index (Phi) is 3.27. The van der Waals surface area contributed by atoms with Gasteiger partial charge in [0.1, 0.15) is 0 Å². The number of piperidine rings is 1. The largest absolute Gasteiger partial charge is 0.298 e. The van der Waals surface area contributed by atoms with Crippen LogP contribution < -0.4 is 0 Å². The monoisotopic (exact) mass is 260 g/mol. The van der Waals surface area contributed by atoms with Crippen LogP contribution in [0.1, 0.15) is 44.1 Å². The van der Waals surface area contributed by atoms with Gasteiger partial charge < -0.3 is 0 Å². The summed E-state index contributed by atoms with van der Waals surface area (Å²) in [7, 11) is 0. The highest BCUT2D eigenvalue weighted by Crippen LogP contribution is 2.38. The van der Waals surface area contributed by atoms with Crippen LogP contribution in [0.15, 0.2) is 24.3 Å². The molecule has 1 aliphatic carbocycles. The molecule has 1 aromatic carbocycles. The predicted octanol–water partition coefficient (Wildman–Crippen LogP) is 3.33. The number of nitro groups is 1. The zero-order chi connectivity index (χ0) is 13.4. The third kappa shape index (κ3) is 2.63. The van der Waals surface area contributed by atoms with E-state index < -0.39 is 0 Å². The van der Waals surface area contributed by atoms with Crippen LogP contribution in [0.25, 0.3) is 0 Å². The summed E-state index contributed by atoms with van der Waals surface area (Å²) >= 11 is 0. The zero-order valence-electron chi connectivity index (χ0n) is 11.3. The molecule has 19 heavy (non-hydrogen) atoms. The average molecular weight is 260 g/mol. The normalized spacial score (nSPS) is 28.3. The molecule has 2 aliphatic rings. The second-order valence-electron chi connectivity index (χ2n) is 5.89. The standard InChI is InChI=1S/C15H20N2O2/c1-11-10-13(8-9-16(11)14-6-7-14)12-2-4-15(5-3-12)17(18)19/h2-5,11,13-14H,6-10H2,1H3. The van der Waals surface area contributed by atoms with Crippen LogP contribution in [0.4, 0.5) is 5.69 Å². The van der Waals surface area contributed by atoms with Crippen molar-refractivity contribution in [3.8, 4) is 0 Å². The Morgan fingerprint density at radius 1 is 1.21 bits per heavy atom. The van der Waals surface area contributed by atoms with Crippen LogP contribution in [-0.2, 0) is 0 Å². The Hall–Kier alpha value is -1.42. The Morgan fingerprint density at radius 2 is 1.89 bits per heavy atom. The topological polar surface area (TPSA) is 46.4 Å². The van der Waals surface area contributed by atoms with Gasteiger partial charge >= 0.3 is 0 Å². The molecule has 0 radical (unpaired) electrons. The van der Waals surface area contributed by atoms with E-state index in [0.717, 1.165) is 6.04 Å². The van der Waals surface area contributed by atoms with Gasteiger partial charge in [-0.3, -0.25) is 15.0 Å². The van der Waals surface area contributed by atoms with Gasteiger partial charge in [-0.15, -0.1) is 0 Å². The highest BCUT2D eigenvalue weighted by atomic mass is 16.6. The summed E-state index contributed by atoms with van der Waals surface area (Å²) in [5.41, 5.74) is 1.44. The summed E-state index contributed by atoms with van der Waals surface area (Å²) in [6, 6.07) is 8.61. The second-order valence-corrected chi connectivity index (χ2v) is 5.89. The van der Waals surface area contributed by atoms with Gasteiger partial charge in [0.05, 0.1) is 4.92 Å². The van der Waals surface area contributed by atoms with E-state index in [1.54, 1.807) is 12.1 Å². The van der Waals surface area contributed by atoms with Crippen LogP contribution in [0.3, 0.4) is 0 Å². The van der Waals surface area contributed by atoms with E-state index in [9.17, 15) is 10.1 Å². The van der Waals surface area contributed by atoms with E-state index in [2.05, 4.69) is 11.8 Å². The summed E-state index contributed by atoms with van der Waals surface area (Å²) in [6.07, 6.45) is 5.09. The fourth-order valence-corrected chi connectivity index (χ4v) is 3.31. The van der Waals surface area contributed by atoms with E-state index in [1.807, 2.05) is 12.1 Å². The number of nitrogens with zero attached hydrogens (tertiary/aromatic N) is 2. The van der Waals surface area contributed by atoms with Crippen LogP contribution in [-0.4, -0.2) is 28.5 Å². The maximum Gasteiger partial charge on any atom is 0.269 e. The van der Waals surface area contributed by atoms with Crippen LogP contribution in [0, 0.1) is 10.1 Å². The van der Waals surface area contributed by atoms with Crippen molar-refractivity contribution in [2.24, 2.45) is 0 Å². The molecule has 1 aromatic rings. The van der Waals surface area contributed by atoms with Crippen molar-refractivity contribution in [2.45, 2.75) is 50.6 Å². The molecule has 0 spiro atoms. The van der Waals surface area contributed by atoms with Gasteiger partial charge in [-0.25, -0.2) is 0 Å².